The lowest BCUT2D eigenvalue weighted by Crippen LogP contribution is -2.15. The van der Waals surface area contributed by atoms with Crippen LogP contribution in [-0.4, -0.2) is 5.38 Å². The van der Waals surface area contributed by atoms with E-state index in [0.717, 1.165) is 6.42 Å². The second-order valence-electron chi connectivity index (χ2n) is 5.10. The summed E-state index contributed by atoms with van der Waals surface area (Å²) < 4.78 is 0. The molecular weight excluding hydrogens is 216 g/mol. The summed E-state index contributed by atoms with van der Waals surface area (Å²) in [5.41, 5.74) is 2.79. The van der Waals surface area contributed by atoms with Gasteiger partial charge in [-0.25, -0.2) is 0 Å². The zero-order chi connectivity index (χ0) is 11.4. The molecule has 16 heavy (non-hydrogen) atoms. The SMILES string of the molecule is Cc1ccc(CC2CCCCCC2Cl)cc1. The molecule has 0 N–H and O–H groups in total. The van der Waals surface area contributed by atoms with E-state index in [1.165, 1.54) is 43.2 Å². The van der Waals surface area contributed by atoms with E-state index < -0.39 is 0 Å². The molecule has 1 aliphatic rings. The van der Waals surface area contributed by atoms with E-state index in [9.17, 15) is 0 Å². The Morgan fingerprint density at radius 3 is 2.50 bits per heavy atom. The average molecular weight is 237 g/mol. The van der Waals surface area contributed by atoms with Gasteiger partial charge in [0.05, 0.1) is 0 Å². The maximum absolute atomic E-state index is 6.47. The van der Waals surface area contributed by atoms with Gasteiger partial charge < -0.3 is 0 Å². The molecule has 2 unspecified atom stereocenters. The maximum Gasteiger partial charge on any atom is 0.0367 e. The van der Waals surface area contributed by atoms with Crippen LogP contribution >= 0.6 is 11.6 Å². The Hall–Kier alpha value is -0.490. The zero-order valence-corrected chi connectivity index (χ0v) is 10.8. The van der Waals surface area contributed by atoms with Crippen LogP contribution in [0.5, 0.6) is 0 Å². The van der Waals surface area contributed by atoms with E-state index >= 15 is 0 Å². The lowest BCUT2D eigenvalue weighted by Gasteiger charge is -2.19. The van der Waals surface area contributed by atoms with Gasteiger partial charge in [-0.1, -0.05) is 49.1 Å². The molecule has 1 aromatic carbocycles. The van der Waals surface area contributed by atoms with Crippen molar-refractivity contribution >= 4 is 11.6 Å². The van der Waals surface area contributed by atoms with Crippen LogP contribution in [0.25, 0.3) is 0 Å². The van der Waals surface area contributed by atoms with Gasteiger partial charge in [0.2, 0.25) is 0 Å². The van der Waals surface area contributed by atoms with Crippen molar-refractivity contribution in [1.82, 2.24) is 0 Å². The van der Waals surface area contributed by atoms with Crippen molar-refractivity contribution in [1.29, 1.82) is 0 Å². The van der Waals surface area contributed by atoms with Crippen molar-refractivity contribution in [3.05, 3.63) is 35.4 Å². The molecule has 1 aliphatic carbocycles. The van der Waals surface area contributed by atoms with Gasteiger partial charge >= 0.3 is 0 Å². The minimum Gasteiger partial charge on any atom is -0.123 e. The summed E-state index contributed by atoms with van der Waals surface area (Å²) in [7, 11) is 0. The summed E-state index contributed by atoms with van der Waals surface area (Å²) in [6.07, 6.45) is 7.72. The largest absolute Gasteiger partial charge is 0.123 e. The van der Waals surface area contributed by atoms with Crippen molar-refractivity contribution in [3.8, 4) is 0 Å². The summed E-state index contributed by atoms with van der Waals surface area (Å²) in [4.78, 5) is 0. The van der Waals surface area contributed by atoms with Crippen LogP contribution in [0.1, 0.15) is 43.2 Å². The second kappa shape index (κ2) is 5.72. The number of rotatable bonds is 2. The first-order valence-corrected chi connectivity index (χ1v) is 6.89. The van der Waals surface area contributed by atoms with Crippen molar-refractivity contribution in [2.45, 2.75) is 50.8 Å². The first kappa shape index (κ1) is 12.0. The molecule has 0 saturated heterocycles. The highest BCUT2D eigenvalue weighted by Crippen LogP contribution is 2.30. The van der Waals surface area contributed by atoms with Gasteiger partial charge in [-0.05, 0) is 37.7 Å². The number of alkyl halides is 1. The van der Waals surface area contributed by atoms with E-state index in [0.29, 0.717) is 11.3 Å². The first-order valence-electron chi connectivity index (χ1n) is 6.45. The van der Waals surface area contributed by atoms with Crippen LogP contribution in [-0.2, 0) is 6.42 Å². The third kappa shape index (κ3) is 3.25. The summed E-state index contributed by atoms with van der Waals surface area (Å²) >= 11 is 6.47. The predicted molar refractivity (Wildman–Crippen MR) is 71.1 cm³/mol. The summed E-state index contributed by atoms with van der Waals surface area (Å²) in [5, 5.41) is 0.392. The Labute approximate surface area is 104 Å². The van der Waals surface area contributed by atoms with Crippen molar-refractivity contribution < 1.29 is 0 Å². The van der Waals surface area contributed by atoms with Crippen LogP contribution in [0.15, 0.2) is 24.3 Å². The van der Waals surface area contributed by atoms with Crippen molar-refractivity contribution in [2.75, 3.05) is 0 Å². The molecule has 1 saturated carbocycles. The van der Waals surface area contributed by atoms with E-state index in [2.05, 4.69) is 31.2 Å². The molecule has 88 valence electrons. The topological polar surface area (TPSA) is 0 Å². The van der Waals surface area contributed by atoms with Gasteiger partial charge in [0.15, 0.2) is 0 Å². The Kier molecular flexibility index (Phi) is 4.29. The van der Waals surface area contributed by atoms with E-state index in [-0.39, 0.29) is 0 Å². The highest BCUT2D eigenvalue weighted by molar-refractivity contribution is 6.20. The highest BCUT2D eigenvalue weighted by atomic mass is 35.5. The fourth-order valence-electron chi connectivity index (χ4n) is 2.60. The quantitative estimate of drug-likeness (QED) is 0.515. The number of aryl methyl sites for hydroxylation is 1. The smallest absolute Gasteiger partial charge is 0.0367 e. The molecule has 0 amide bonds. The lowest BCUT2D eigenvalue weighted by molar-refractivity contribution is 0.465. The molecule has 0 aromatic heterocycles. The summed E-state index contributed by atoms with van der Waals surface area (Å²) in [6, 6.07) is 8.91. The molecule has 1 fully saturated rings. The van der Waals surface area contributed by atoms with Crippen LogP contribution in [0.2, 0.25) is 0 Å². The van der Waals surface area contributed by atoms with E-state index in [4.69, 9.17) is 11.6 Å². The third-order valence-corrected chi connectivity index (χ3v) is 4.26. The minimum atomic E-state index is 0.392. The van der Waals surface area contributed by atoms with Crippen LogP contribution < -0.4 is 0 Å². The van der Waals surface area contributed by atoms with Gasteiger partial charge in [0, 0.05) is 5.38 Å². The number of hydrogen-bond donors (Lipinski definition) is 0. The van der Waals surface area contributed by atoms with Gasteiger partial charge in [-0.15, -0.1) is 11.6 Å². The molecule has 0 aliphatic heterocycles. The number of halogens is 1. The molecule has 0 radical (unpaired) electrons. The first-order chi connectivity index (χ1) is 7.75. The molecule has 0 nitrogen and oxygen atoms in total. The van der Waals surface area contributed by atoms with Crippen molar-refractivity contribution in [2.24, 2.45) is 5.92 Å². The maximum atomic E-state index is 6.47. The Bertz CT molecular complexity index is 315. The lowest BCUT2D eigenvalue weighted by atomic mass is 9.92. The molecule has 0 bridgehead atoms. The Morgan fingerprint density at radius 2 is 1.75 bits per heavy atom. The normalized spacial score (nSPS) is 26.4. The molecule has 1 heteroatoms. The van der Waals surface area contributed by atoms with E-state index in [1.54, 1.807) is 0 Å². The van der Waals surface area contributed by atoms with Crippen LogP contribution in [0, 0.1) is 12.8 Å². The van der Waals surface area contributed by atoms with Gasteiger partial charge in [0.25, 0.3) is 0 Å². The molecule has 1 aromatic rings. The molecular formula is C15H21Cl. The number of hydrogen-bond acceptors (Lipinski definition) is 0. The summed E-state index contributed by atoms with van der Waals surface area (Å²) in [5.74, 6) is 0.687. The standard InChI is InChI=1S/C15H21Cl/c1-12-7-9-13(10-8-12)11-14-5-3-2-4-6-15(14)16/h7-10,14-15H,2-6,11H2,1H3. The fourth-order valence-corrected chi connectivity index (χ4v) is 2.97. The average Bonchev–Trinajstić information content (AvgIpc) is 2.48. The fraction of sp³-hybridized carbons (Fsp3) is 0.600. The monoisotopic (exact) mass is 236 g/mol. The van der Waals surface area contributed by atoms with Gasteiger partial charge in [-0.3, -0.25) is 0 Å². The highest BCUT2D eigenvalue weighted by Gasteiger charge is 2.21. The molecule has 0 spiro atoms. The predicted octanol–water partition coefficient (Wildman–Crippen LogP) is 4.73. The van der Waals surface area contributed by atoms with E-state index in [1.807, 2.05) is 0 Å². The molecule has 2 rings (SSSR count). The summed E-state index contributed by atoms with van der Waals surface area (Å²) in [6.45, 7) is 2.14. The second-order valence-corrected chi connectivity index (χ2v) is 5.66. The van der Waals surface area contributed by atoms with Gasteiger partial charge in [0.1, 0.15) is 0 Å². The van der Waals surface area contributed by atoms with Crippen molar-refractivity contribution in [3.63, 3.8) is 0 Å². The van der Waals surface area contributed by atoms with Crippen LogP contribution in [0.3, 0.4) is 0 Å². The third-order valence-electron chi connectivity index (χ3n) is 3.68. The minimum absolute atomic E-state index is 0.392. The van der Waals surface area contributed by atoms with Gasteiger partial charge in [-0.2, -0.15) is 0 Å². The molecule has 0 heterocycles. The molecule has 2 atom stereocenters. The zero-order valence-electron chi connectivity index (χ0n) is 10.1. The Morgan fingerprint density at radius 1 is 1.06 bits per heavy atom. The number of benzene rings is 1. The van der Waals surface area contributed by atoms with Crippen LogP contribution in [0.4, 0.5) is 0 Å². The Balaban J connectivity index is 1.99.